The molecule has 1 rings (SSSR count). The van der Waals surface area contributed by atoms with Gasteiger partial charge in [-0.25, -0.2) is 17.5 Å². The molecule has 23 heavy (non-hydrogen) atoms. The molecule has 0 aliphatic carbocycles. The van der Waals surface area contributed by atoms with E-state index in [1.807, 2.05) is 6.92 Å². The van der Waals surface area contributed by atoms with Crippen molar-refractivity contribution in [1.82, 2.24) is 9.21 Å². The number of nitrogens with one attached hydrogen (secondary N) is 1. The van der Waals surface area contributed by atoms with Crippen LogP contribution in [0.25, 0.3) is 0 Å². The van der Waals surface area contributed by atoms with E-state index >= 15 is 0 Å². The van der Waals surface area contributed by atoms with Crippen LogP contribution in [0.5, 0.6) is 0 Å². The van der Waals surface area contributed by atoms with E-state index in [-0.39, 0.29) is 24.1 Å². The lowest BCUT2D eigenvalue weighted by Crippen LogP contribution is -2.37. The Morgan fingerprint density at radius 1 is 1.26 bits per heavy atom. The van der Waals surface area contributed by atoms with Crippen LogP contribution < -0.4 is 5.32 Å². The molecule has 0 aliphatic heterocycles. The Kier molecular flexibility index (Phi) is 6.99. The van der Waals surface area contributed by atoms with Crippen LogP contribution in [-0.2, 0) is 10.0 Å². The van der Waals surface area contributed by atoms with Crippen LogP contribution in [0.3, 0.4) is 0 Å². The third-order valence-electron chi connectivity index (χ3n) is 3.34. The van der Waals surface area contributed by atoms with Crippen LogP contribution in [0.15, 0.2) is 23.1 Å². The van der Waals surface area contributed by atoms with Gasteiger partial charge < -0.3 is 15.3 Å². The van der Waals surface area contributed by atoms with Gasteiger partial charge in [-0.15, -0.1) is 0 Å². The SMILES string of the molecule is CCCN(CCO)C(=O)Nc1ccc(S(=O)(=O)N(C)C)c(C)c1. The van der Waals surface area contributed by atoms with Crippen molar-refractivity contribution < 1.29 is 18.3 Å². The van der Waals surface area contributed by atoms with Gasteiger partial charge in [0, 0.05) is 32.9 Å². The van der Waals surface area contributed by atoms with Gasteiger partial charge in [0.2, 0.25) is 10.0 Å². The standard InChI is InChI=1S/C15H25N3O4S/c1-5-8-18(9-10-19)15(20)16-13-6-7-14(12(2)11-13)23(21,22)17(3)4/h6-7,11,19H,5,8-10H2,1-4H3,(H,16,20). The van der Waals surface area contributed by atoms with E-state index in [2.05, 4.69) is 5.32 Å². The van der Waals surface area contributed by atoms with E-state index in [1.165, 1.54) is 25.1 Å². The van der Waals surface area contributed by atoms with Gasteiger partial charge in [-0.3, -0.25) is 0 Å². The van der Waals surface area contributed by atoms with Crippen LogP contribution in [0.4, 0.5) is 10.5 Å². The van der Waals surface area contributed by atoms with Gasteiger partial charge in [-0.2, -0.15) is 0 Å². The summed E-state index contributed by atoms with van der Waals surface area (Å²) < 4.78 is 25.5. The summed E-state index contributed by atoms with van der Waals surface area (Å²) in [6.07, 6.45) is 0.784. The summed E-state index contributed by atoms with van der Waals surface area (Å²) in [5.74, 6) is 0. The lowest BCUT2D eigenvalue weighted by atomic mass is 10.2. The van der Waals surface area contributed by atoms with E-state index in [9.17, 15) is 13.2 Å². The summed E-state index contributed by atoms with van der Waals surface area (Å²) >= 11 is 0. The molecule has 0 bridgehead atoms. The number of aliphatic hydroxyl groups excluding tert-OH is 1. The molecule has 0 aromatic heterocycles. The fourth-order valence-electron chi connectivity index (χ4n) is 2.12. The largest absolute Gasteiger partial charge is 0.395 e. The molecule has 1 aromatic carbocycles. The highest BCUT2D eigenvalue weighted by Crippen LogP contribution is 2.22. The summed E-state index contributed by atoms with van der Waals surface area (Å²) in [7, 11) is -0.561. The number of amides is 2. The second kappa shape index (κ2) is 8.28. The number of benzene rings is 1. The van der Waals surface area contributed by atoms with E-state index in [1.54, 1.807) is 19.1 Å². The first-order chi connectivity index (χ1) is 10.7. The number of sulfonamides is 1. The number of aryl methyl sites for hydroxylation is 1. The molecule has 0 atom stereocenters. The lowest BCUT2D eigenvalue weighted by molar-refractivity contribution is 0.188. The molecule has 0 spiro atoms. The Morgan fingerprint density at radius 2 is 1.91 bits per heavy atom. The third-order valence-corrected chi connectivity index (χ3v) is 5.31. The minimum Gasteiger partial charge on any atom is -0.395 e. The molecule has 0 saturated heterocycles. The number of aliphatic hydroxyl groups is 1. The molecule has 7 nitrogen and oxygen atoms in total. The zero-order valence-electron chi connectivity index (χ0n) is 14.0. The average Bonchev–Trinajstić information content (AvgIpc) is 2.46. The summed E-state index contributed by atoms with van der Waals surface area (Å²) in [5, 5.41) is 11.7. The van der Waals surface area contributed by atoms with Crippen molar-refractivity contribution in [2.45, 2.75) is 25.2 Å². The highest BCUT2D eigenvalue weighted by molar-refractivity contribution is 7.89. The Balaban J connectivity index is 2.96. The van der Waals surface area contributed by atoms with Gasteiger partial charge in [0.25, 0.3) is 0 Å². The molecule has 0 unspecified atom stereocenters. The Hall–Kier alpha value is -1.64. The predicted octanol–water partition coefficient (Wildman–Crippen LogP) is 1.48. The summed E-state index contributed by atoms with van der Waals surface area (Å²) in [4.78, 5) is 13.9. The normalized spacial score (nSPS) is 11.6. The maximum atomic E-state index is 12.2. The Bertz CT molecular complexity index is 638. The van der Waals surface area contributed by atoms with Crippen LogP contribution >= 0.6 is 0 Å². The maximum Gasteiger partial charge on any atom is 0.321 e. The van der Waals surface area contributed by atoms with Crippen molar-refractivity contribution in [1.29, 1.82) is 0 Å². The quantitative estimate of drug-likeness (QED) is 0.785. The maximum absolute atomic E-state index is 12.2. The first-order valence-electron chi connectivity index (χ1n) is 7.44. The Morgan fingerprint density at radius 3 is 2.39 bits per heavy atom. The van der Waals surface area contributed by atoms with Crippen LogP contribution in [0.2, 0.25) is 0 Å². The number of anilines is 1. The molecule has 0 fully saturated rings. The second-order valence-corrected chi connectivity index (χ2v) is 7.53. The van der Waals surface area contributed by atoms with Crippen molar-refractivity contribution in [3.63, 3.8) is 0 Å². The molecule has 0 heterocycles. The summed E-state index contributed by atoms with van der Waals surface area (Å²) in [6.45, 7) is 4.32. The van der Waals surface area contributed by atoms with Crippen molar-refractivity contribution in [2.24, 2.45) is 0 Å². The first kappa shape index (κ1) is 19.4. The summed E-state index contributed by atoms with van der Waals surface area (Å²) in [5.41, 5.74) is 1.07. The van der Waals surface area contributed by atoms with Gasteiger partial charge in [-0.05, 0) is 37.1 Å². The molecule has 130 valence electrons. The van der Waals surface area contributed by atoms with Gasteiger partial charge in [-0.1, -0.05) is 6.92 Å². The van der Waals surface area contributed by atoms with Crippen LogP contribution in [-0.4, -0.2) is 62.6 Å². The molecule has 2 N–H and O–H groups in total. The summed E-state index contributed by atoms with van der Waals surface area (Å²) in [6, 6.07) is 4.35. The van der Waals surface area contributed by atoms with Crippen molar-refractivity contribution in [3.05, 3.63) is 23.8 Å². The van der Waals surface area contributed by atoms with Gasteiger partial charge >= 0.3 is 6.03 Å². The zero-order chi connectivity index (χ0) is 17.6. The fourth-order valence-corrected chi connectivity index (χ4v) is 3.22. The molecular weight excluding hydrogens is 318 g/mol. The Labute approximate surface area is 138 Å². The van der Waals surface area contributed by atoms with E-state index in [4.69, 9.17) is 5.11 Å². The molecule has 0 radical (unpaired) electrons. The van der Waals surface area contributed by atoms with Gasteiger partial charge in [0.05, 0.1) is 11.5 Å². The first-order valence-corrected chi connectivity index (χ1v) is 8.88. The number of rotatable bonds is 7. The minimum absolute atomic E-state index is 0.105. The fraction of sp³-hybridized carbons (Fsp3) is 0.533. The van der Waals surface area contributed by atoms with E-state index in [0.29, 0.717) is 17.8 Å². The van der Waals surface area contributed by atoms with E-state index in [0.717, 1.165) is 10.7 Å². The number of nitrogens with zero attached hydrogens (tertiary/aromatic N) is 2. The third kappa shape index (κ3) is 4.92. The van der Waals surface area contributed by atoms with Crippen LogP contribution in [0, 0.1) is 6.92 Å². The minimum atomic E-state index is -3.51. The molecule has 2 amide bonds. The van der Waals surface area contributed by atoms with Crippen LogP contribution in [0.1, 0.15) is 18.9 Å². The highest BCUT2D eigenvalue weighted by Gasteiger charge is 2.20. The highest BCUT2D eigenvalue weighted by atomic mass is 32.2. The number of carbonyl (C=O) groups is 1. The van der Waals surface area contributed by atoms with Gasteiger partial charge in [0.1, 0.15) is 0 Å². The monoisotopic (exact) mass is 343 g/mol. The molecule has 0 saturated carbocycles. The lowest BCUT2D eigenvalue weighted by Gasteiger charge is -2.22. The number of hydrogen-bond acceptors (Lipinski definition) is 4. The molecular formula is C15H25N3O4S. The zero-order valence-corrected chi connectivity index (χ0v) is 14.9. The van der Waals surface area contributed by atoms with Gasteiger partial charge in [0.15, 0.2) is 0 Å². The topological polar surface area (TPSA) is 90.0 Å². The van der Waals surface area contributed by atoms with Crippen molar-refractivity contribution in [2.75, 3.05) is 39.1 Å². The number of carbonyl (C=O) groups excluding carboxylic acids is 1. The predicted molar refractivity (Wildman–Crippen MR) is 90.0 cm³/mol. The molecule has 8 heteroatoms. The average molecular weight is 343 g/mol. The van der Waals surface area contributed by atoms with Crippen molar-refractivity contribution in [3.8, 4) is 0 Å². The molecule has 1 aromatic rings. The smallest absolute Gasteiger partial charge is 0.321 e. The number of hydrogen-bond donors (Lipinski definition) is 2. The second-order valence-electron chi connectivity index (χ2n) is 5.41. The van der Waals surface area contributed by atoms with E-state index < -0.39 is 10.0 Å². The molecule has 0 aliphatic rings. The number of urea groups is 1. The van der Waals surface area contributed by atoms with Crippen molar-refractivity contribution >= 4 is 21.7 Å².